The van der Waals surface area contributed by atoms with Crippen molar-refractivity contribution in [1.29, 1.82) is 0 Å². The lowest BCUT2D eigenvalue weighted by atomic mass is 10.2. The van der Waals surface area contributed by atoms with Crippen LogP contribution in [0.2, 0.25) is 0 Å². The fourth-order valence-corrected chi connectivity index (χ4v) is 2.67. The van der Waals surface area contributed by atoms with Crippen molar-refractivity contribution >= 4 is 11.6 Å². The van der Waals surface area contributed by atoms with E-state index in [1.807, 2.05) is 24.3 Å². The highest BCUT2D eigenvalue weighted by atomic mass is 16.6. The largest absolute Gasteiger partial charge is 0.486 e. The first-order valence-electron chi connectivity index (χ1n) is 8.50. The van der Waals surface area contributed by atoms with Gasteiger partial charge in [-0.15, -0.1) is 0 Å². The summed E-state index contributed by atoms with van der Waals surface area (Å²) < 4.78 is 18.7. The van der Waals surface area contributed by atoms with Crippen LogP contribution in [0.25, 0.3) is 0 Å². The smallest absolute Gasteiger partial charge is 0.262 e. The molecule has 1 unspecified atom stereocenters. The van der Waals surface area contributed by atoms with E-state index in [0.717, 1.165) is 11.5 Å². The Morgan fingerprint density at radius 1 is 1.22 bits per heavy atom. The molecule has 1 aromatic carbocycles. The molecule has 1 atom stereocenters. The molecule has 1 amide bonds. The molecule has 0 fully saturated rings. The summed E-state index contributed by atoms with van der Waals surface area (Å²) in [6, 6.07) is 11.0. The minimum Gasteiger partial charge on any atom is -0.486 e. The SMILES string of the molecule is O=C(COc1cccnc1)Nc1cnn(CC2COc3ccccc3O2)c1. The lowest BCUT2D eigenvalue weighted by Gasteiger charge is -2.26. The average Bonchev–Trinajstić information content (AvgIpc) is 3.14. The molecule has 3 heterocycles. The molecule has 3 aromatic rings. The van der Waals surface area contributed by atoms with Crippen molar-refractivity contribution < 1.29 is 19.0 Å². The van der Waals surface area contributed by atoms with Crippen LogP contribution in [0.1, 0.15) is 0 Å². The van der Waals surface area contributed by atoms with Crippen LogP contribution in [0, 0.1) is 0 Å². The molecular weight excluding hydrogens is 348 g/mol. The zero-order chi connectivity index (χ0) is 18.5. The summed E-state index contributed by atoms with van der Waals surface area (Å²) in [6.07, 6.45) is 6.36. The zero-order valence-electron chi connectivity index (χ0n) is 14.4. The van der Waals surface area contributed by atoms with Gasteiger partial charge >= 0.3 is 0 Å². The minimum atomic E-state index is -0.274. The maximum Gasteiger partial charge on any atom is 0.262 e. The highest BCUT2D eigenvalue weighted by Gasteiger charge is 2.21. The number of nitrogens with one attached hydrogen (secondary N) is 1. The maximum absolute atomic E-state index is 12.0. The Balaban J connectivity index is 1.28. The number of fused-ring (bicyclic) bond motifs is 1. The first-order chi connectivity index (χ1) is 13.3. The fourth-order valence-electron chi connectivity index (χ4n) is 2.67. The summed E-state index contributed by atoms with van der Waals surface area (Å²) in [5.41, 5.74) is 0.590. The van der Waals surface area contributed by atoms with Crippen LogP contribution >= 0.6 is 0 Å². The molecule has 0 saturated heterocycles. The van der Waals surface area contributed by atoms with Crippen molar-refractivity contribution in [2.24, 2.45) is 0 Å². The van der Waals surface area contributed by atoms with E-state index in [2.05, 4.69) is 15.4 Å². The Labute approximate surface area is 155 Å². The number of carbonyl (C=O) groups excluding carboxylic acids is 1. The summed E-state index contributed by atoms with van der Waals surface area (Å²) >= 11 is 0. The summed E-state index contributed by atoms with van der Waals surface area (Å²) in [4.78, 5) is 15.9. The predicted octanol–water partition coefficient (Wildman–Crippen LogP) is 2.14. The van der Waals surface area contributed by atoms with Crippen LogP contribution in [0.15, 0.2) is 61.2 Å². The van der Waals surface area contributed by atoms with Crippen LogP contribution in [0.4, 0.5) is 5.69 Å². The quantitative estimate of drug-likeness (QED) is 0.719. The van der Waals surface area contributed by atoms with Crippen LogP contribution < -0.4 is 19.5 Å². The monoisotopic (exact) mass is 366 g/mol. The number of benzene rings is 1. The molecule has 0 radical (unpaired) electrons. The molecule has 138 valence electrons. The van der Waals surface area contributed by atoms with Crippen LogP contribution in [-0.4, -0.2) is 40.0 Å². The molecule has 0 spiro atoms. The normalized spacial score (nSPS) is 15.2. The fraction of sp³-hybridized carbons (Fsp3) is 0.211. The molecule has 8 nitrogen and oxygen atoms in total. The van der Waals surface area contributed by atoms with E-state index in [9.17, 15) is 4.79 Å². The van der Waals surface area contributed by atoms with E-state index in [1.165, 1.54) is 0 Å². The lowest BCUT2D eigenvalue weighted by Crippen LogP contribution is -2.33. The first-order valence-corrected chi connectivity index (χ1v) is 8.50. The number of nitrogens with zero attached hydrogens (tertiary/aromatic N) is 3. The third kappa shape index (κ3) is 4.35. The Morgan fingerprint density at radius 3 is 2.96 bits per heavy atom. The summed E-state index contributed by atoms with van der Waals surface area (Å²) in [7, 11) is 0. The number of carbonyl (C=O) groups is 1. The molecule has 1 N–H and O–H groups in total. The molecule has 2 aromatic heterocycles. The lowest BCUT2D eigenvalue weighted by molar-refractivity contribution is -0.118. The van der Waals surface area contributed by atoms with Gasteiger partial charge in [-0.25, -0.2) is 0 Å². The Bertz CT molecular complexity index is 913. The second-order valence-corrected chi connectivity index (χ2v) is 5.97. The summed E-state index contributed by atoms with van der Waals surface area (Å²) in [5, 5.41) is 7.00. The van der Waals surface area contributed by atoms with Gasteiger partial charge in [0, 0.05) is 12.4 Å². The van der Waals surface area contributed by atoms with Gasteiger partial charge in [0.2, 0.25) is 0 Å². The molecule has 0 saturated carbocycles. The van der Waals surface area contributed by atoms with Gasteiger partial charge in [-0.3, -0.25) is 14.5 Å². The number of aromatic nitrogens is 3. The van der Waals surface area contributed by atoms with Crippen molar-refractivity contribution in [1.82, 2.24) is 14.8 Å². The zero-order valence-corrected chi connectivity index (χ0v) is 14.4. The maximum atomic E-state index is 12.0. The molecule has 27 heavy (non-hydrogen) atoms. The number of pyridine rings is 1. The standard InChI is InChI=1S/C19H18N4O4/c24-19(13-25-15-4-3-7-20-9-15)22-14-8-21-23(10-14)11-16-12-26-17-5-1-2-6-18(17)27-16/h1-10,16H,11-13H2,(H,22,24). The van der Waals surface area contributed by atoms with Crippen LogP contribution in [0.3, 0.4) is 0 Å². The molecule has 1 aliphatic heterocycles. The predicted molar refractivity (Wildman–Crippen MR) is 96.9 cm³/mol. The van der Waals surface area contributed by atoms with E-state index >= 15 is 0 Å². The highest BCUT2D eigenvalue weighted by molar-refractivity contribution is 5.91. The van der Waals surface area contributed by atoms with Crippen LogP contribution in [-0.2, 0) is 11.3 Å². The van der Waals surface area contributed by atoms with Gasteiger partial charge in [0.25, 0.3) is 5.91 Å². The van der Waals surface area contributed by atoms with Gasteiger partial charge in [0.1, 0.15) is 12.4 Å². The Hall–Kier alpha value is -3.55. The number of para-hydroxylation sites is 2. The second-order valence-electron chi connectivity index (χ2n) is 5.97. The number of ether oxygens (including phenoxy) is 3. The highest BCUT2D eigenvalue weighted by Crippen LogP contribution is 2.31. The van der Waals surface area contributed by atoms with Crippen molar-refractivity contribution in [3.63, 3.8) is 0 Å². The van der Waals surface area contributed by atoms with Crippen LogP contribution in [0.5, 0.6) is 17.2 Å². The molecule has 1 aliphatic rings. The molecular formula is C19H18N4O4. The van der Waals surface area contributed by atoms with Crippen molar-refractivity contribution in [3.8, 4) is 17.2 Å². The number of hydrogen-bond donors (Lipinski definition) is 1. The van der Waals surface area contributed by atoms with Gasteiger partial charge in [-0.1, -0.05) is 12.1 Å². The van der Waals surface area contributed by atoms with Crippen molar-refractivity contribution in [3.05, 3.63) is 61.2 Å². The van der Waals surface area contributed by atoms with E-state index in [0.29, 0.717) is 24.6 Å². The second kappa shape index (κ2) is 7.77. The average molecular weight is 366 g/mol. The summed E-state index contributed by atoms with van der Waals surface area (Å²) in [5.74, 6) is 1.74. The minimum absolute atomic E-state index is 0.104. The van der Waals surface area contributed by atoms with Gasteiger partial charge in [0.15, 0.2) is 24.2 Å². The van der Waals surface area contributed by atoms with E-state index in [1.54, 1.807) is 41.6 Å². The molecule has 4 rings (SSSR count). The van der Waals surface area contributed by atoms with E-state index < -0.39 is 0 Å². The van der Waals surface area contributed by atoms with Gasteiger partial charge in [-0.05, 0) is 24.3 Å². The molecule has 0 bridgehead atoms. The third-order valence-corrected chi connectivity index (χ3v) is 3.88. The topological polar surface area (TPSA) is 87.5 Å². The Morgan fingerprint density at radius 2 is 2.11 bits per heavy atom. The van der Waals surface area contributed by atoms with E-state index in [-0.39, 0.29) is 18.6 Å². The third-order valence-electron chi connectivity index (χ3n) is 3.88. The number of rotatable bonds is 6. The van der Waals surface area contributed by atoms with E-state index in [4.69, 9.17) is 14.2 Å². The number of anilines is 1. The number of hydrogen-bond acceptors (Lipinski definition) is 6. The Kier molecular flexibility index (Phi) is 4.86. The molecule has 8 heteroatoms. The van der Waals surface area contributed by atoms with Gasteiger partial charge < -0.3 is 19.5 Å². The first kappa shape index (κ1) is 16.9. The van der Waals surface area contributed by atoms with Gasteiger partial charge in [-0.2, -0.15) is 5.10 Å². The summed E-state index contributed by atoms with van der Waals surface area (Å²) in [6.45, 7) is 0.848. The van der Waals surface area contributed by atoms with Gasteiger partial charge in [0.05, 0.1) is 24.6 Å². The number of amides is 1. The van der Waals surface area contributed by atoms with Crippen molar-refractivity contribution in [2.45, 2.75) is 12.6 Å². The molecule has 0 aliphatic carbocycles. The van der Waals surface area contributed by atoms with Crippen molar-refractivity contribution in [2.75, 3.05) is 18.5 Å².